The van der Waals surface area contributed by atoms with Crippen molar-refractivity contribution in [1.29, 1.82) is 0 Å². The molecule has 1 aromatic carbocycles. The van der Waals surface area contributed by atoms with Crippen LogP contribution in [0.4, 0.5) is 10.1 Å². The minimum atomic E-state index is -0.518. The van der Waals surface area contributed by atoms with Gasteiger partial charge < -0.3 is 19.8 Å². The summed E-state index contributed by atoms with van der Waals surface area (Å²) < 4.78 is 25.3. The average molecular weight is 400 g/mol. The number of anilines is 1. The van der Waals surface area contributed by atoms with Gasteiger partial charge in [-0.15, -0.1) is 0 Å². The zero-order chi connectivity index (χ0) is 20.8. The van der Waals surface area contributed by atoms with Crippen molar-refractivity contribution in [3.8, 4) is 5.75 Å². The molecule has 0 aliphatic heterocycles. The number of rotatable bonds is 8. The van der Waals surface area contributed by atoms with E-state index in [2.05, 4.69) is 15.7 Å². The molecule has 29 heavy (non-hydrogen) atoms. The van der Waals surface area contributed by atoms with Gasteiger partial charge in [-0.05, 0) is 42.8 Å². The number of hydrogen-bond donors (Lipinski definition) is 2. The van der Waals surface area contributed by atoms with Crippen molar-refractivity contribution in [1.82, 2.24) is 15.1 Å². The number of nitrogens with zero attached hydrogens (tertiary/aromatic N) is 2. The van der Waals surface area contributed by atoms with Crippen molar-refractivity contribution < 1.29 is 23.1 Å². The standard InChI is InChI=1S/C20H21FN4O4/c1-3-10-22-20(27)18-16(11-23-25(18)2)24-19(26)17-9-8-15(29-17)12-28-14-6-4-13(21)5-7-14/h4-9,11H,3,10,12H2,1-2H3,(H,22,27)(H,24,26). The molecule has 3 rings (SSSR count). The Morgan fingerprint density at radius 3 is 2.66 bits per heavy atom. The maximum atomic E-state index is 12.9. The molecule has 0 saturated carbocycles. The number of ether oxygens (including phenoxy) is 1. The SMILES string of the molecule is CCCNC(=O)c1c(NC(=O)c2ccc(COc3ccc(F)cc3)o2)cnn1C. The molecule has 0 fully saturated rings. The Hall–Kier alpha value is -3.62. The lowest BCUT2D eigenvalue weighted by atomic mass is 10.3. The number of carbonyl (C=O) groups is 2. The fourth-order valence-corrected chi connectivity index (χ4v) is 2.57. The number of benzene rings is 1. The first-order valence-electron chi connectivity index (χ1n) is 9.06. The Kier molecular flexibility index (Phi) is 6.28. The molecule has 2 aromatic heterocycles. The molecule has 0 bridgehead atoms. The van der Waals surface area contributed by atoms with Gasteiger partial charge in [0, 0.05) is 13.6 Å². The number of aromatic nitrogens is 2. The zero-order valence-electron chi connectivity index (χ0n) is 16.1. The van der Waals surface area contributed by atoms with Gasteiger partial charge in [0.2, 0.25) is 0 Å². The van der Waals surface area contributed by atoms with Gasteiger partial charge in [0.1, 0.15) is 29.6 Å². The van der Waals surface area contributed by atoms with Crippen molar-refractivity contribution in [3.05, 3.63) is 65.6 Å². The summed E-state index contributed by atoms with van der Waals surface area (Å²) in [6.45, 7) is 2.55. The number of amides is 2. The Balaban J connectivity index is 1.63. The van der Waals surface area contributed by atoms with Gasteiger partial charge in [-0.2, -0.15) is 5.10 Å². The lowest BCUT2D eigenvalue weighted by molar-refractivity contribution is 0.0945. The van der Waals surface area contributed by atoms with E-state index in [0.717, 1.165) is 6.42 Å². The van der Waals surface area contributed by atoms with Crippen LogP contribution in [0.25, 0.3) is 0 Å². The monoisotopic (exact) mass is 400 g/mol. The number of nitrogens with one attached hydrogen (secondary N) is 2. The highest BCUT2D eigenvalue weighted by Gasteiger charge is 2.20. The van der Waals surface area contributed by atoms with Crippen LogP contribution in [0, 0.1) is 5.82 Å². The van der Waals surface area contributed by atoms with Crippen molar-refractivity contribution in [2.24, 2.45) is 7.05 Å². The molecule has 0 saturated heterocycles. The number of halogens is 1. The van der Waals surface area contributed by atoms with Crippen molar-refractivity contribution in [2.45, 2.75) is 20.0 Å². The fourth-order valence-electron chi connectivity index (χ4n) is 2.57. The molecule has 0 spiro atoms. The first kappa shape index (κ1) is 20.1. The van der Waals surface area contributed by atoms with E-state index in [-0.39, 0.29) is 35.5 Å². The summed E-state index contributed by atoms with van der Waals surface area (Å²) in [5, 5.41) is 9.42. The molecule has 0 unspecified atom stereocenters. The fraction of sp³-hybridized carbons (Fsp3) is 0.250. The molecule has 9 heteroatoms. The second-order valence-corrected chi connectivity index (χ2v) is 6.25. The second kappa shape index (κ2) is 9.05. The van der Waals surface area contributed by atoms with E-state index in [4.69, 9.17) is 9.15 Å². The summed E-state index contributed by atoms with van der Waals surface area (Å²) in [5.74, 6) is -0.233. The number of carbonyl (C=O) groups excluding carboxylic acids is 2. The molecule has 2 heterocycles. The summed E-state index contributed by atoms with van der Waals surface area (Å²) >= 11 is 0. The van der Waals surface area contributed by atoms with Crippen LogP contribution in [0.15, 0.2) is 47.0 Å². The predicted octanol–water partition coefficient (Wildman–Crippen LogP) is 3.12. The molecule has 152 valence electrons. The van der Waals surface area contributed by atoms with Crippen LogP contribution in [-0.4, -0.2) is 28.1 Å². The van der Waals surface area contributed by atoms with Crippen LogP contribution in [-0.2, 0) is 13.7 Å². The number of furan rings is 1. The maximum absolute atomic E-state index is 12.9. The largest absolute Gasteiger partial charge is 0.486 e. The Morgan fingerprint density at radius 2 is 1.93 bits per heavy atom. The third-order valence-electron chi connectivity index (χ3n) is 4.02. The van der Waals surface area contributed by atoms with Gasteiger partial charge in [0.05, 0.1) is 11.9 Å². The molecule has 2 N–H and O–H groups in total. The van der Waals surface area contributed by atoms with Crippen molar-refractivity contribution in [3.63, 3.8) is 0 Å². The molecule has 0 aliphatic rings. The minimum absolute atomic E-state index is 0.0616. The number of hydrogen-bond acceptors (Lipinski definition) is 5. The quantitative estimate of drug-likeness (QED) is 0.605. The Labute approximate surface area is 166 Å². The minimum Gasteiger partial charge on any atom is -0.486 e. The van der Waals surface area contributed by atoms with E-state index in [0.29, 0.717) is 18.1 Å². The lowest BCUT2D eigenvalue weighted by Gasteiger charge is -2.07. The van der Waals surface area contributed by atoms with Crippen LogP contribution in [0.2, 0.25) is 0 Å². The smallest absolute Gasteiger partial charge is 0.291 e. The third kappa shape index (κ3) is 5.01. The molecule has 0 atom stereocenters. The first-order chi connectivity index (χ1) is 14.0. The highest BCUT2D eigenvalue weighted by molar-refractivity contribution is 6.07. The third-order valence-corrected chi connectivity index (χ3v) is 4.02. The first-order valence-corrected chi connectivity index (χ1v) is 9.06. The Bertz CT molecular complexity index is 994. The normalized spacial score (nSPS) is 10.6. The van der Waals surface area contributed by atoms with E-state index < -0.39 is 5.91 Å². The molecule has 0 aliphatic carbocycles. The zero-order valence-corrected chi connectivity index (χ0v) is 16.1. The van der Waals surface area contributed by atoms with E-state index >= 15 is 0 Å². The average Bonchev–Trinajstić information content (AvgIpc) is 3.32. The summed E-state index contributed by atoms with van der Waals surface area (Å²) in [7, 11) is 1.62. The molecular formula is C20H21FN4O4. The molecule has 0 radical (unpaired) electrons. The van der Waals surface area contributed by atoms with Crippen molar-refractivity contribution in [2.75, 3.05) is 11.9 Å². The van der Waals surface area contributed by atoms with Gasteiger partial charge in [-0.1, -0.05) is 6.92 Å². The van der Waals surface area contributed by atoms with Crippen LogP contribution in [0.1, 0.15) is 40.1 Å². The maximum Gasteiger partial charge on any atom is 0.291 e. The van der Waals surface area contributed by atoms with E-state index in [1.165, 1.54) is 41.2 Å². The van der Waals surface area contributed by atoms with Gasteiger partial charge in [0.25, 0.3) is 11.8 Å². The van der Waals surface area contributed by atoms with Gasteiger partial charge in [-0.25, -0.2) is 4.39 Å². The van der Waals surface area contributed by atoms with Crippen LogP contribution in [0.5, 0.6) is 5.75 Å². The summed E-state index contributed by atoms with van der Waals surface area (Å²) in [6, 6.07) is 8.69. The van der Waals surface area contributed by atoms with E-state index in [1.807, 2.05) is 6.92 Å². The molecule has 3 aromatic rings. The van der Waals surface area contributed by atoms with E-state index in [9.17, 15) is 14.0 Å². The molecular weight excluding hydrogens is 379 g/mol. The predicted molar refractivity (Wildman–Crippen MR) is 103 cm³/mol. The highest BCUT2D eigenvalue weighted by Crippen LogP contribution is 2.18. The van der Waals surface area contributed by atoms with Crippen LogP contribution >= 0.6 is 0 Å². The topological polar surface area (TPSA) is 98.4 Å². The van der Waals surface area contributed by atoms with E-state index in [1.54, 1.807) is 13.1 Å². The Morgan fingerprint density at radius 1 is 1.17 bits per heavy atom. The van der Waals surface area contributed by atoms with Gasteiger partial charge in [-0.3, -0.25) is 14.3 Å². The highest BCUT2D eigenvalue weighted by atomic mass is 19.1. The van der Waals surface area contributed by atoms with Gasteiger partial charge >= 0.3 is 0 Å². The summed E-state index contributed by atoms with van der Waals surface area (Å²) in [4.78, 5) is 24.8. The van der Waals surface area contributed by atoms with Crippen molar-refractivity contribution >= 4 is 17.5 Å². The lowest BCUT2D eigenvalue weighted by Crippen LogP contribution is -2.27. The molecule has 8 nitrogen and oxygen atoms in total. The second-order valence-electron chi connectivity index (χ2n) is 6.25. The van der Waals surface area contributed by atoms with Crippen LogP contribution in [0.3, 0.4) is 0 Å². The van der Waals surface area contributed by atoms with Gasteiger partial charge in [0.15, 0.2) is 5.76 Å². The molecule has 2 amide bonds. The summed E-state index contributed by atoms with van der Waals surface area (Å²) in [5.41, 5.74) is 0.532. The van der Waals surface area contributed by atoms with Crippen LogP contribution < -0.4 is 15.4 Å². The summed E-state index contributed by atoms with van der Waals surface area (Å²) in [6.07, 6.45) is 2.20. The number of aryl methyl sites for hydroxylation is 1.